The highest BCUT2D eigenvalue weighted by Crippen LogP contribution is 2.49. The summed E-state index contributed by atoms with van der Waals surface area (Å²) in [6, 6.07) is 11.2. The van der Waals surface area contributed by atoms with Crippen LogP contribution in [-0.2, 0) is 15.1 Å². The van der Waals surface area contributed by atoms with E-state index in [-0.39, 0.29) is 0 Å². The van der Waals surface area contributed by atoms with Crippen molar-refractivity contribution in [1.29, 1.82) is 0 Å². The number of carbonyl (C=O) groups excluding carboxylic acids is 1. The predicted molar refractivity (Wildman–Crippen MR) is 118 cm³/mol. The van der Waals surface area contributed by atoms with E-state index >= 15 is 0 Å². The number of hydrogen-bond acceptors (Lipinski definition) is 5. The quantitative estimate of drug-likeness (QED) is 0.502. The van der Waals surface area contributed by atoms with Crippen LogP contribution < -0.4 is 4.74 Å². The average molecular weight is 421 g/mol. The van der Waals surface area contributed by atoms with Crippen molar-refractivity contribution in [2.75, 3.05) is 0 Å². The molecule has 6 heteroatoms. The van der Waals surface area contributed by atoms with Crippen molar-refractivity contribution in [3.05, 3.63) is 77.8 Å². The molecule has 0 spiro atoms. The van der Waals surface area contributed by atoms with Gasteiger partial charge in [0.2, 0.25) is 0 Å². The standard InChI is InChI=1S/C25H28N2O4/c1-7-25(29)18-13-14-27-16(3)15(2)26-22(27)20(18)30-19(17-11-9-8-10-12-17)21(25)31-23(28)24(4,5)6/h7-14,19,21,29H,1H2,2-6H3/t19-,21-,25+/m1/s1. The lowest BCUT2D eigenvalue weighted by Crippen LogP contribution is -2.50. The molecule has 31 heavy (non-hydrogen) atoms. The van der Waals surface area contributed by atoms with E-state index in [1.165, 1.54) is 6.08 Å². The molecule has 4 rings (SSSR count). The van der Waals surface area contributed by atoms with Gasteiger partial charge in [-0.3, -0.25) is 4.79 Å². The highest BCUT2D eigenvalue weighted by molar-refractivity contribution is 5.76. The van der Waals surface area contributed by atoms with Crippen molar-refractivity contribution in [3.8, 4) is 5.75 Å². The van der Waals surface area contributed by atoms with Gasteiger partial charge in [0.15, 0.2) is 29.2 Å². The first-order valence-corrected chi connectivity index (χ1v) is 10.4. The van der Waals surface area contributed by atoms with E-state index in [0.717, 1.165) is 17.0 Å². The number of fused-ring (bicyclic) bond motifs is 3. The van der Waals surface area contributed by atoms with E-state index < -0.39 is 29.2 Å². The van der Waals surface area contributed by atoms with Crippen molar-refractivity contribution >= 4 is 11.6 Å². The Morgan fingerprint density at radius 2 is 1.94 bits per heavy atom. The number of ether oxygens (including phenoxy) is 2. The van der Waals surface area contributed by atoms with Crippen LogP contribution in [0, 0.1) is 19.3 Å². The number of nitrogens with zero attached hydrogens (tertiary/aromatic N) is 2. The lowest BCUT2D eigenvalue weighted by molar-refractivity contribution is -0.186. The van der Waals surface area contributed by atoms with E-state index in [9.17, 15) is 9.90 Å². The maximum absolute atomic E-state index is 12.8. The highest BCUT2D eigenvalue weighted by atomic mass is 16.6. The second kappa shape index (κ2) is 7.24. The molecule has 3 atom stereocenters. The van der Waals surface area contributed by atoms with E-state index in [2.05, 4.69) is 11.6 Å². The minimum Gasteiger partial charge on any atom is -0.477 e. The van der Waals surface area contributed by atoms with Gasteiger partial charge >= 0.3 is 5.97 Å². The first-order chi connectivity index (χ1) is 14.6. The number of pyridine rings is 1. The van der Waals surface area contributed by atoms with Gasteiger partial charge in [0.1, 0.15) is 0 Å². The van der Waals surface area contributed by atoms with Crippen LogP contribution >= 0.6 is 0 Å². The zero-order chi connectivity index (χ0) is 22.6. The summed E-state index contributed by atoms with van der Waals surface area (Å²) in [6.07, 6.45) is 1.49. The van der Waals surface area contributed by atoms with Crippen LogP contribution in [-0.4, -0.2) is 26.6 Å². The average Bonchev–Trinajstić information content (AvgIpc) is 3.03. The van der Waals surface area contributed by atoms with Gasteiger partial charge in [-0.05, 0) is 46.2 Å². The van der Waals surface area contributed by atoms with Crippen molar-refractivity contribution < 1.29 is 19.4 Å². The summed E-state index contributed by atoms with van der Waals surface area (Å²) in [5.74, 6) is 0.0253. The molecule has 1 aromatic carbocycles. The molecule has 0 radical (unpaired) electrons. The predicted octanol–water partition coefficient (Wildman–Crippen LogP) is 4.42. The SMILES string of the molecule is C=C[C@]1(O)c2ccn3c(C)c(C)nc3c2O[C@H](c2ccccc2)[C@H]1OC(=O)C(C)(C)C. The fraction of sp³-hybridized carbons (Fsp3) is 0.360. The fourth-order valence-electron chi connectivity index (χ4n) is 3.87. The monoisotopic (exact) mass is 420 g/mol. The minimum atomic E-state index is -1.66. The number of rotatable bonds is 3. The van der Waals surface area contributed by atoms with Crippen molar-refractivity contribution in [2.45, 2.75) is 52.4 Å². The largest absolute Gasteiger partial charge is 0.477 e. The summed E-state index contributed by atoms with van der Waals surface area (Å²) >= 11 is 0. The smallest absolute Gasteiger partial charge is 0.311 e. The lowest BCUT2D eigenvalue weighted by Gasteiger charge is -2.44. The molecule has 0 bridgehead atoms. The van der Waals surface area contributed by atoms with Crippen molar-refractivity contribution in [2.24, 2.45) is 5.41 Å². The number of hydrogen-bond donors (Lipinski definition) is 1. The number of benzene rings is 1. The zero-order valence-electron chi connectivity index (χ0n) is 18.5. The van der Waals surface area contributed by atoms with Gasteiger partial charge in [0.05, 0.1) is 11.1 Å². The van der Waals surface area contributed by atoms with Crippen LogP contribution in [0.3, 0.4) is 0 Å². The molecule has 162 valence electrons. The number of aromatic nitrogens is 2. The Labute approximate surface area is 182 Å². The summed E-state index contributed by atoms with van der Waals surface area (Å²) < 4.78 is 14.3. The van der Waals surface area contributed by atoms with Crippen LogP contribution in [0.25, 0.3) is 5.65 Å². The second-order valence-electron chi connectivity index (χ2n) is 9.09. The molecule has 0 amide bonds. The minimum absolute atomic E-state index is 0.431. The molecule has 1 N–H and O–H groups in total. The molecule has 0 fully saturated rings. The maximum atomic E-state index is 12.8. The zero-order valence-corrected chi connectivity index (χ0v) is 18.5. The van der Waals surface area contributed by atoms with Gasteiger partial charge in [-0.2, -0.15) is 0 Å². The molecule has 0 saturated carbocycles. The Hall–Kier alpha value is -3.12. The lowest BCUT2D eigenvalue weighted by atomic mass is 9.80. The third-order valence-corrected chi connectivity index (χ3v) is 5.90. The molecule has 6 nitrogen and oxygen atoms in total. The van der Waals surface area contributed by atoms with Gasteiger partial charge in [-0.1, -0.05) is 43.0 Å². The number of aryl methyl sites for hydroxylation is 2. The van der Waals surface area contributed by atoms with Crippen LogP contribution in [0.2, 0.25) is 0 Å². The van der Waals surface area contributed by atoms with Gasteiger partial charge in [0.25, 0.3) is 0 Å². The van der Waals surface area contributed by atoms with E-state index in [4.69, 9.17) is 9.47 Å². The van der Waals surface area contributed by atoms with Crippen LogP contribution in [0.4, 0.5) is 0 Å². The van der Waals surface area contributed by atoms with Gasteiger partial charge in [-0.15, -0.1) is 0 Å². The number of aliphatic hydroxyl groups is 1. The summed E-state index contributed by atoms with van der Waals surface area (Å²) in [5.41, 5.74) is 1.31. The van der Waals surface area contributed by atoms with E-state index in [1.54, 1.807) is 26.8 Å². The summed E-state index contributed by atoms with van der Waals surface area (Å²) in [4.78, 5) is 17.5. The highest BCUT2D eigenvalue weighted by Gasteiger charge is 2.52. The molecule has 0 aliphatic carbocycles. The number of imidazole rings is 1. The van der Waals surface area contributed by atoms with Gasteiger partial charge in [0, 0.05) is 17.5 Å². The molecule has 3 aromatic rings. The van der Waals surface area contributed by atoms with E-state index in [1.807, 2.05) is 54.8 Å². The van der Waals surface area contributed by atoms with E-state index in [0.29, 0.717) is 17.0 Å². The Balaban J connectivity index is 1.95. The first-order valence-electron chi connectivity index (χ1n) is 10.4. The Morgan fingerprint density at radius 1 is 1.26 bits per heavy atom. The third kappa shape index (κ3) is 3.31. The molecule has 3 heterocycles. The second-order valence-corrected chi connectivity index (χ2v) is 9.09. The molecule has 1 aliphatic heterocycles. The van der Waals surface area contributed by atoms with Crippen LogP contribution in [0.5, 0.6) is 5.75 Å². The Bertz CT molecular complexity index is 1160. The normalized spacial score (nSPS) is 23.2. The third-order valence-electron chi connectivity index (χ3n) is 5.90. The van der Waals surface area contributed by atoms with Gasteiger partial charge < -0.3 is 19.0 Å². The molecule has 1 aliphatic rings. The Kier molecular flexibility index (Phi) is 4.93. The number of carbonyl (C=O) groups is 1. The Morgan fingerprint density at radius 3 is 2.55 bits per heavy atom. The summed E-state index contributed by atoms with van der Waals surface area (Å²) in [7, 11) is 0. The molecule has 0 unspecified atom stereocenters. The fourth-order valence-corrected chi connectivity index (χ4v) is 3.87. The maximum Gasteiger partial charge on any atom is 0.311 e. The molecule has 2 aromatic heterocycles. The van der Waals surface area contributed by atoms with Crippen LogP contribution in [0.15, 0.2) is 55.3 Å². The first kappa shape index (κ1) is 21.1. The van der Waals surface area contributed by atoms with Crippen LogP contribution in [0.1, 0.15) is 49.4 Å². The molecular weight excluding hydrogens is 392 g/mol. The topological polar surface area (TPSA) is 73.1 Å². The van der Waals surface area contributed by atoms with Crippen molar-refractivity contribution in [3.63, 3.8) is 0 Å². The summed E-state index contributed by atoms with van der Waals surface area (Å²) in [5, 5.41) is 11.9. The van der Waals surface area contributed by atoms with Gasteiger partial charge in [-0.25, -0.2) is 4.98 Å². The molecular formula is C25H28N2O4. The number of esters is 1. The summed E-state index contributed by atoms with van der Waals surface area (Å²) in [6.45, 7) is 13.1. The van der Waals surface area contributed by atoms with Crippen molar-refractivity contribution in [1.82, 2.24) is 9.38 Å². The molecule has 0 saturated heterocycles.